The maximum absolute atomic E-state index is 5.54. The Morgan fingerprint density at radius 2 is 1.91 bits per heavy atom. The Morgan fingerprint density at radius 3 is 2.61 bits per heavy atom. The third-order valence-corrected chi connectivity index (χ3v) is 5.17. The molecule has 3 rings (SSSR count). The van der Waals surface area contributed by atoms with Crippen LogP contribution in [0.1, 0.15) is 25.3 Å². The number of hydrogen-bond donors (Lipinski definition) is 0. The van der Waals surface area contributed by atoms with E-state index in [2.05, 4.69) is 54.1 Å². The van der Waals surface area contributed by atoms with Crippen LogP contribution in [-0.4, -0.2) is 62.0 Å². The largest absolute Gasteiger partial charge is 0.350 e. The second-order valence-corrected chi connectivity index (χ2v) is 6.99. The van der Waals surface area contributed by atoms with E-state index in [1.807, 2.05) is 0 Å². The van der Waals surface area contributed by atoms with Gasteiger partial charge in [0, 0.05) is 32.1 Å². The molecular formula is C19H30N2O2. The van der Waals surface area contributed by atoms with Gasteiger partial charge in [-0.1, -0.05) is 37.3 Å². The van der Waals surface area contributed by atoms with Crippen LogP contribution >= 0.6 is 0 Å². The Labute approximate surface area is 140 Å². The van der Waals surface area contributed by atoms with Crippen molar-refractivity contribution in [3.05, 3.63) is 35.9 Å². The minimum absolute atomic E-state index is 0.0194. The molecular weight excluding hydrogens is 288 g/mol. The van der Waals surface area contributed by atoms with E-state index >= 15 is 0 Å². The lowest BCUT2D eigenvalue weighted by atomic mass is 9.92. The van der Waals surface area contributed by atoms with Gasteiger partial charge >= 0.3 is 0 Å². The van der Waals surface area contributed by atoms with Crippen molar-refractivity contribution < 1.29 is 9.47 Å². The minimum atomic E-state index is 0.0194. The third kappa shape index (κ3) is 4.77. The molecule has 0 spiro atoms. The first-order valence-corrected chi connectivity index (χ1v) is 8.92. The van der Waals surface area contributed by atoms with Gasteiger partial charge in [-0.25, -0.2) is 0 Å². The second kappa shape index (κ2) is 8.25. The van der Waals surface area contributed by atoms with Gasteiger partial charge in [0.2, 0.25) is 0 Å². The Hall–Kier alpha value is -0.940. The highest BCUT2D eigenvalue weighted by Gasteiger charge is 2.29. The zero-order chi connectivity index (χ0) is 16.1. The molecule has 0 radical (unpaired) electrons. The summed E-state index contributed by atoms with van der Waals surface area (Å²) in [5.41, 5.74) is 1.42. The van der Waals surface area contributed by atoms with Crippen LogP contribution in [0.3, 0.4) is 0 Å². The Kier molecular flexibility index (Phi) is 6.06. The molecule has 2 aliphatic rings. The van der Waals surface area contributed by atoms with Crippen molar-refractivity contribution in [3.8, 4) is 0 Å². The smallest absolute Gasteiger partial charge is 0.159 e. The number of rotatable bonds is 6. The lowest BCUT2D eigenvalue weighted by molar-refractivity contribution is -0.0547. The SMILES string of the molecule is C[C@H]1CN(Cc2ccccc2)CC[C@H]1N(C)CCC1OCCO1. The van der Waals surface area contributed by atoms with E-state index in [-0.39, 0.29) is 6.29 Å². The van der Waals surface area contributed by atoms with Crippen molar-refractivity contribution in [3.63, 3.8) is 0 Å². The molecule has 23 heavy (non-hydrogen) atoms. The number of ether oxygens (including phenoxy) is 2. The van der Waals surface area contributed by atoms with E-state index in [0.29, 0.717) is 12.0 Å². The first-order valence-electron chi connectivity index (χ1n) is 8.92. The van der Waals surface area contributed by atoms with Crippen molar-refractivity contribution >= 4 is 0 Å². The summed E-state index contributed by atoms with van der Waals surface area (Å²) in [5, 5.41) is 0. The van der Waals surface area contributed by atoms with Crippen LogP contribution in [0.2, 0.25) is 0 Å². The molecule has 2 aliphatic heterocycles. The highest BCUT2D eigenvalue weighted by molar-refractivity contribution is 5.14. The average Bonchev–Trinajstić information content (AvgIpc) is 3.07. The second-order valence-electron chi connectivity index (χ2n) is 6.99. The zero-order valence-electron chi connectivity index (χ0n) is 14.5. The Morgan fingerprint density at radius 1 is 1.17 bits per heavy atom. The summed E-state index contributed by atoms with van der Waals surface area (Å²) in [6.07, 6.45) is 2.25. The Bertz CT molecular complexity index is 462. The quantitative estimate of drug-likeness (QED) is 0.805. The van der Waals surface area contributed by atoms with Gasteiger partial charge in [-0.3, -0.25) is 4.90 Å². The predicted octanol–water partition coefficient (Wildman–Crippen LogP) is 2.59. The van der Waals surface area contributed by atoms with Gasteiger partial charge in [-0.15, -0.1) is 0 Å². The fourth-order valence-corrected chi connectivity index (χ4v) is 3.91. The lowest BCUT2D eigenvalue weighted by Gasteiger charge is -2.41. The van der Waals surface area contributed by atoms with E-state index in [4.69, 9.17) is 9.47 Å². The van der Waals surface area contributed by atoms with E-state index in [9.17, 15) is 0 Å². The van der Waals surface area contributed by atoms with Crippen LogP contribution in [0, 0.1) is 5.92 Å². The van der Waals surface area contributed by atoms with E-state index in [1.165, 1.54) is 25.1 Å². The zero-order valence-corrected chi connectivity index (χ0v) is 14.5. The molecule has 0 saturated carbocycles. The molecule has 0 unspecified atom stereocenters. The maximum atomic E-state index is 5.54. The third-order valence-electron chi connectivity index (χ3n) is 5.17. The van der Waals surface area contributed by atoms with E-state index in [0.717, 1.165) is 32.7 Å². The molecule has 0 N–H and O–H groups in total. The first-order chi connectivity index (χ1) is 11.2. The molecule has 128 valence electrons. The molecule has 2 heterocycles. The van der Waals surface area contributed by atoms with Crippen molar-refractivity contribution in [2.45, 2.75) is 38.6 Å². The molecule has 4 heteroatoms. The van der Waals surface area contributed by atoms with Crippen molar-refractivity contribution in [1.82, 2.24) is 9.80 Å². The standard InChI is InChI=1S/C19H30N2O2/c1-16-14-21(15-17-6-4-3-5-7-17)11-8-18(16)20(2)10-9-19-22-12-13-23-19/h3-7,16,18-19H,8-15H2,1-2H3/t16-,18+/m0/s1. The molecule has 2 fully saturated rings. The van der Waals surface area contributed by atoms with Crippen molar-refractivity contribution in [2.24, 2.45) is 5.92 Å². The molecule has 4 nitrogen and oxygen atoms in total. The molecule has 0 bridgehead atoms. The number of nitrogens with zero attached hydrogens (tertiary/aromatic N) is 2. The van der Waals surface area contributed by atoms with Gasteiger partial charge in [-0.2, -0.15) is 0 Å². The van der Waals surface area contributed by atoms with Crippen LogP contribution in [0.25, 0.3) is 0 Å². The highest BCUT2D eigenvalue weighted by Crippen LogP contribution is 2.23. The van der Waals surface area contributed by atoms with Crippen LogP contribution in [0.15, 0.2) is 30.3 Å². The summed E-state index contributed by atoms with van der Waals surface area (Å²) >= 11 is 0. The number of benzene rings is 1. The molecule has 0 amide bonds. The molecule has 2 saturated heterocycles. The number of hydrogen-bond acceptors (Lipinski definition) is 4. The average molecular weight is 318 g/mol. The summed E-state index contributed by atoms with van der Waals surface area (Å²) in [5.74, 6) is 0.697. The number of piperidine rings is 1. The highest BCUT2D eigenvalue weighted by atomic mass is 16.7. The molecule has 0 aromatic heterocycles. The van der Waals surface area contributed by atoms with Crippen LogP contribution < -0.4 is 0 Å². The Balaban J connectivity index is 1.44. The molecule has 1 aromatic carbocycles. The van der Waals surface area contributed by atoms with Crippen molar-refractivity contribution in [2.75, 3.05) is 39.9 Å². The maximum Gasteiger partial charge on any atom is 0.159 e. The van der Waals surface area contributed by atoms with Gasteiger partial charge < -0.3 is 14.4 Å². The van der Waals surface area contributed by atoms with Gasteiger partial charge in [0.1, 0.15) is 0 Å². The molecule has 1 aromatic rings. The van der Waals surface area contributed by atoms with Gasteiger partial charge in [0.25, 0.3) is 0 Å². The monoisotopic (exact) mass is 318 g/mol. The van der Waals surface area contributed by atoms with Gasteiger partial charge in [0.15, 0.2) is 6.29 Å². The summed E-state index contributed by atoms with van der Waals surface area (Å²) in [4.78, 5) is 5.10. The fourth-order valence-electron chi connectivity index (χ4n) is 3.91. The van der Waals surface area contributed by atoms with E-state index in [1.54, 1.807) is 0 Å². The topological polar surface area (TPSA) is 24.9 Å². The predicted molar refractivity (Wildman–Crippen MR) is 92.2 cm³/mol. The lowest BCUT2D eigenvalue weighted by Crippen LogP contribution is -2.49. The van der Waals surface area contributed by atoms with Crippen LogP contribution in [-0.2, 0) is 16.0 Å². The van der Waals surface area contributed by atoms with Gasteiger partial charge in [-0.05, 0) is 31.5 Å². The van der Waals surface area contributed by atoms with Gasteiger partial charge in [0.05, 0.1) is 13.2 Å². The van der Waals surface area contributed by atoms with Crippen molar-refractivity contribution in [1.29, 1.82) is 0 Å². The summed E-state index contributed by atoms with van der Waals surface area (Å²) in [7, 11) is 2.25. The van der Waals surface area contributed by atoms with Crippen LogP contribution in [0.5, 0.6) is 0 Å². The fraction of sp³-hybridized carbons (Fsp3) is 0.684. The normalized spacial score (nSPS) is 26.9. The van der Waals surface area contributed by atoms with Crippen LogP contribution in [0.4, 0.5) is 0 Å². The first kappa shape index (κ1) is 16.9. The summed E-state index contributed by atoms with van der Waals surface area (Å²) in [6.45, 7) is 8.39. The van der Waals surface area contributed by atoms with E-state index < -0.39 is 0 Å². The summed E-state index contributed by atoms with van der Waals surface area (Å²) < 4.78 is 11.1. The minimum Gasteiger partial charge on any atom is -0.350 e. The molecule has 0 aliphatic carbocycles. The summed E-state index contributed by atoms with van der Waals surface area (Å²) in [6, 6.07) is 11.5. The number of likely N-dealkylation sites (tertiary alicyclic amines) is 1. The molecule has 2 atom stereocenters.